The second kappa shape index (κ2) is 3.89. The van der Waals surface area contributed by atoms with E-state index in [9.17, 15) is 8.42 Å². The van der Waals surface area contributed by atoms with Crippen molar-refractivity contribution in [3.05, 3.63) is 27.7 Å². The lowest BCUT2D eigenvalue weighted by molar-refractivity contribution is 0.609. The van der Waals surface area contributed by atoms with Crippen molar-refractivity contribution in [2.24, 2.45) is 0 Å². The minimum absolute atomic E-state index is 0.0734. The smallest absolute Gasteiger partial charge is 0.207 e. The molecule has 0 fully saturated rings. The monoisotopic (exact) mass is 293 g/mol. The maximum atomic E-state index is 11.1. The highest BCUT2D eigenvalue weighted by atomic mass is 79.9. The van der Waals surface area contributed by atoms with Gasteiger partial charge in [0.05, 0.1) is 14.9 Å². The van der Waals surface area contributed by atoms with Crippen LogP contribution in [0.5, 0.6) is 0 Å². The first-order valence-corrected chi connectivity index (χ1v) is 6.61. The molecule has 1 aromatic carbocycles. The number of halogens is 2. The maximum Gasteiger partial charge on any atom is 0.262 e. The molecule has 74 valence electrons. The Hall–Kier alpha value is -0.570. The normalized spacial score (nSPS) is 11.0. The van der Waals surface area contributed by atoms with Crippen LogP contribution in [0.4, 0.5) is 0 Å². The molecule has 0 radical (unpaired) electrons. The molecule has 3 nitrogen and oxygen atoms in total. The Bertz CT molecular complexity index is 519. The zero-order valence-corrected chi connectivity index (χ0v) is 10.2. The Labute approximate surface area is 94.9 Å². The van der Waals surface area contributed by atoms with Crippen molar-refractivity contribution in [1.82, 2.24) is 0 Å². The summed E-state index contributed by atoms with van der Waals surface area (Å²) >= 11 is 3.03. The number of rotatable bonds is 1. The summed E-state index contributed by atoms with van der Waals surface area (Å²) in [6.45, 7) is 1.69. The summed E-state index contributed by atoms with van der Waals surface area (Å²) < 4.78 is 22.4. The number of nitriles is 1. The third-order valence-electron chi connectivity index (χ3n) is 1.57. The molecule has 0 saturated carbocycles. The van der Waals surface area contributed by atoms with Gasteiger partial charge in [-0.3, -0.25) is 0 Å². The SMILES string of the molecule is Cc1cc(C#N)c(Br)c(S(=O)(=O)Cl)c1. The number of hydrogen-bond acceptors (Lipinski definition) is 3. The Morgan fingerprint density at radius 2 is 2.07 bits per heavy atom. The van der Waals surface area contributed by atoms with Gasteiger partial charge in [0.15, 0.2) is 0 Å². The third-order valence-corrected chi connectivity index (χ3v) is 4.03. The number of nitrogens with zero attached hydrogens (tertiary/aromatic N) is 1. The van der Waals surface area contributed by atoms with Crippen LogP contribution in [-0.4, -0.2) is 8.42 Å². The third kappa shape index (κ3) is 2.27. The highest BCUT2D eigenvalue weighted by Crippen LogP contribution is 2.29. The highest BCUT2D eigenvalue weighted by molar-refractivity contribution is 9.10. The molecule has 6 heteroatoms. The van der Waals surface area contributed by atoms with Gasteiger partial charge in [-0.2, -0.15) is 5.26 Å². The Morgan fingerprint density at radius 1 is 1.50 bits per heavy atom. The molecule has 0 bridgehead atoms. The second-order valence-corrected chi connectivity index (χ2v) is 6.00. The first-order chi connectivity index (χ1) is 6.36. The van der Waals surface area contributed by atoms with Crippen molar-refractivity contribution in [3.8, 4) is 6.07 Å². The van der Waals surface area contributed by atoms with Gasteiger partial charge in [0.25, 0.3) is 9.05 Å². The fraction of sp³-hybridized carbons (Fsp3) is 0.125. The Balaban J connectivity index is 3.64. The van der Waals surface area contributed by atoms with E-state index in [0.717, 1.165) is 0 Å². The predicted octanol–water partition coefficient (Wildman–Crippen LogP) is 2.56. The van der Waals surface area contributed by atoms with Gasteiger partial charge in [-0.15, -0.1) is 0 Å². The summed E-state index contributed by atoms with van der Waals surface area (Å²) in [6, 6.07) is 4.87. The highest BCUT2D eigenvalue weighted by Gasteiger charge is 2.17. The van der Waals surface area contributed by atoms with E-state index < -0.39 is 9.05 Å². The molecule has 14 heavy (non-hydrogen) atoms. The molecule has 0 aliphatic heterocycles. The van der Waals surface area contributed by atoms with Crippen molar-refractivity contribution in [2.45, 2.75) is 11.8 Å². The van der Waals surface area contributed by atoms with E-state index >= 15 is 0 Å². The summed E-state index contributed by atoms with van der Waals surface area (Å²) in [5, 5.41) is 8.72. The summed E-state index contributed by atoms with van der Waals surface area (Å²) in [4.78, 5) is -0.0734. The lowest BCUT2D eigenvalue weighted by atomic mass is 10.2. The summed E-state index contributed by atoms with van der Waals surface area (Å²) in [7, 11) is 1.38. The van der Waals surface area contributed by atoms with Gasteiger partial charge in [-0.25, -0.2) is 8.42 Å². The van der Waals surface area contributed by atoms with Crippen molar-refractivity contribution >= 4 is 35.7 Å². The van der Waals surface area contributed by atoms with Gasteiger partial charge in [-0.05, 0) is 40.5 Å². The van der Waals surface area contributed by atoms with Crippen molar-refractivity contribution < 1.29 is 8.42 Å². The van der Waals surface area contributed by atoms with Gasteiger partial charge in [-0.1, -0.05) is 0 Å². The van der Waals surface area contributed by atoms with E-state index in [1.54, 1.807) is 13.0 Å². The predicted molar refractivity (Wildman–Crippen MR) is 56.6 cm³/mol. The van der Waals surface area contributed by atoms with Crippen molar-refractivity contribution in [1.29, 1.82) is 5.26 Å². The van der Waals surface area contributed by atoms with Gasteiger partial charge < -0.3 is 0 Å². The van der Waals surface area contributed by atoms with Crippen LogP contribution >= 0.6 is 26.6 Å². The van der Waals surface area contributed by atoms with Crippen molar-refractivity contribution in [2.75, 3.05) is 0 Å². The van der Waals surface area contributed by atoms with Crippen molar-refractivity contribution in [3.63, 3.8) is 0 Å². The first-order valence-electron chi connectivity index (χ1n) is 3.51. The second-order valence-electron chi connectivity index (χ2n) is 2.67. The fourth-order valence-corrected chi connectivity index (χ4v) is 3.25. The van der Waals surface area contributed by atoms with Crippen LogP contribution in [-0.2, 0) is 9.05 Å². The number of aryl methyl sites for hydroxylation is 1. The molecule has 0 aliphatic rings. The number of hydrogen-bond donors (Lipinski definition) is 0. The molecule has 0 heterocycles. The molecular weight excluding hydrogens is 290 g/mol. The standard InChI is InChI=1S/C8H5BrClNO2S/c1-5-2-6(4-11)8(9)7(3-5)14(10,12)13/h2-3H,1H3. The molecule has 0 N–H and O–H groups in total. The van der Waals surface area contributed by atoms with Gasteiger partial charge >= 0.3 is 0 Å². The summed E-state index contributed by atoms with van der Waals surface area (Å²) in [5.41, 5.74) is 0.924. The molecule has 1 aromatic rings. The molecule has 0 saturated heterocycles. The molecule has 0 spiro atoms. The van der Waals surface area contributed by atoms with Gasteiger partial charge in [0.1, 0.15) is 6.07 Å². The van der Waals surface area contributed by atoms with E-state index in [0.29, 0.717) is 5.56 Å². The minimum Gasteiger partial charge on any atom is -0.207 e. The van der Waals surface area contributed by atoms with Crippen LogP contribution in [0.15, 0.2) is 21.5 Å². The zero-order valence-electron chi connectivity index (χ0n) is 7.08. The Kier molecular flexibility index (Phi) is 3.20. The molecular formula is C8H5BrClNO2S. The average Bonchev–Trinajstić information content (AvgIpc) is 2.06. The van der Waals surface area contributed by atoms with E-state index in [1.807, 2.05) is 6.07 Å². The van der Waals surface area contributed by atoms with E-state index in [2.05, 4.69) is 15.9 Å². The van der Waals surface area contributed by atoms with Gasteiger partial charge in [0, 0.05) is 10.7 Å². The van der Waals surface area contributed by atoms with Crippen LogP contribution in [0.1, 0.15) is 11.1 Å². The van der Waals surface area contributed by atoms with Crippen LogP contribution in [0.2, 0.25) is 0 Å². The minimum atomic E-state index is -3.81. The lowest BCUT2D eigenvalue weighted by Crippen LogP contribution is -1.95. The van der Waals surface area contributed by atoms with Crippen LogP contribution in [0, 0.1) is 18.3 Å². The zero-order chi connectivity index (χ0) is 10.9. The van der Waals surface area contributed by atoms with Crippen LogP contribution in [0.25, 0.3) is 0 Å². The molecule has 0 atom stereocenters. The van der Waals surface area contributed by atoms with Crippen LogP contribution < -0.4 is 0 Å². The maximum absolute atomic E-state index is 11.1. The van der Waals surface area contributed by atoms with Crippen LogP contribution in [0.3, 0.4) is 0 Å². The van der Waals surface area contributed by atoms with E-state index in [1.165, 1.54) is 6.07 Å². The Morgan fingerprint density at radius 3 is 2.50 bits per heavy atom. The molecule has 1 rings (SSSR count). The van der Waals surface area contributed by atoms with E-state index in [-0.39, 0.29) is 14.9 Å². The average molecular weight is 295 g/mol. The molecule has 0 amide bonds. The molecule has 0 aliphatic carbocycles. The lowest BCUT2D eigenvalue weighted by Gasteiger charge is -2.03. The molecule has 0 unspecified atom stereocenters. The van der Waals surface area contributed by atoms with E-state index in [4.69, 9.17) is 15.9 Å². The largest absolute Gasteiger partial charge is 0.262 e. The van der Waals surface area contributed by atoms with Gasteiger partial charge in [0.2, 0.25) is 0 Å². The first kappa shape index (κ1) is 11.5. The fourth-order valence-electron chi connectivity index (χ4n) is 0.994. The topological polar surface area (TPSA) is 57.9 Å². The molecule has 0 aromatic heterocycles. The summed E-state index contributed by atoms with van der Waals surface area (Å²) in [6.07, 6.45) is 0. The number of benzene rings is 1. The quantitative estimate of drug-likeness (QED) is 0.748. The summed E-state index contributed by atoms with van der Waals surface area (Å²) in [5.74, 6) is 0.